The van der Waals surface area contributed by atoms with E-state index in [1.54, 1.807) is 24.3 Å². The van der Waals surface area contributed by atoms with Gasteiger partial charge in [0.05, 0.1) is 6.54 Å². The van der Waals surface area contributed by atoms with Crippen molar-refractivity contribution in [1.29, 1.82) is 0 Å². The van der Waals surface area contributed by atoms with Gasteiger partial charge in [-0.2, -0.15) is 4.98 Å². The molecule has 11 N–H and O–H groups in total. The highest BCUT2D eigenvalue weighted by molar-refractivity contribution is 5.93. The maximum Gasteiger partial charge on any atom is 0.249 e. The number of hydrogen-bond donors (Lipinski definition) is 7. The van der Waals surface area contributed by atoms with Crippen molar-refractivity contribution in [3.8, 4) is 5.75 Å². The third-order valence-electron chi connectivity index (χ3n) is 7.05. The van der Waals surface area contributed by atoms with E-state index in [0.29, 0.717) is 31.6 Å². The highest BCUT2D eigenvalue weighted by Gasteiger charge is 2.28. The largest absolute Gasteiger partial charge is 0.508 e. The van der Waals surface area contributed by atoms with E-state index in [1.807, 2.05) is 44.2 Å². The number of benzene rings is 2. The summed E-state index contributed by atoms with van der Waals surface area (Å²) in [5.74, 6) is -0.511. The highest BCUT2D eigenvalue weighted by atomic mass is 16.5. The summed E-state index contributed by atoms with van der Waals surface area (Å²) in [6, 6.07) is 9.94. The standard InChI is InChI=1S/C32H43N9O4/c1-19-15-23(42)16-20(2)24(19)12-13-25(38-30(44)28(34)21(3)18-37-32(35)36)29(43)39-26(11-7-8-14-33)31-40-27(41-45-31)17-22-9-5-4-6-10-22/h4-6,9-10,12-13,15-16,25-26,28,42H,3,7-8,11,14,17-18,33-34H2,1-2H3,(H,38,44)(H,39,43)(H4,35,36,37)/b13-12+/t25-,26-,28+/m0/s1. The number of amides is 2. The Bertz CT molecular complexity index is 1490. The number of rotatable bonds is 16. The van der Waals surface area contributed by atoms with Crippen LogP contribution in [0.5, 0.6) is 5.75 Å². The molecule has 1 aromatic heterocycles. The van der Waals surface area contributed by atoms with E-state index in [9.17, 15) is 14.7 Å². The molecule has 2 aromatic carbocycles. The molecule has 13 nitrogen and oxygen atoms in total. The molecule has 0 spiro atoms. The lowest BCUT2D eigenvalue weighted by Crippen LogP contribution is -2.52. The number of aromatic hydroxyl groups is 1. The molecule has 0 fully saturated rings. The lowest BCUT2D eigenvalue weighted by molar-refractivity contribution is -0.128. The van der Waals surface area contributed by atoms with Gasteiger partial charge in [0.2, 0.25) is 17.7 Å². The maximum absolute atomic E-state index is 13.8. The van der Waals surface area contributed by atoms with Crippen molar-refractivity contribution < 1.29 is 19.2 Å². The molecule has 0 aliphatic rings. The molecule has 0 aliphatic carbocycles. The van der Waals surface area contributed by atoms with Gasteiger partial charge in [-0.3, -0.25) is 9.59 Å². The van der Waals surface area contributed by atoms with Gasteiger partial charge < -0.3 is 43.2 Å². The number of unbranched alkanes of at least 4 members (excludes halogenated alkanes) is 1. The van der Waals surface area contributed by atoms with Crippen LogP contribution in [-0.4, -0.2) is 58.2 Å². The predicted octanol–water partition coefficient (Wildman–Crippen LogP) is 1.62. The van der Waals surface area contributed by atoms with Gasteiger partial charge in [-0.25, -0.2) is 4.99 Å². The summed E-state index contributed by atoms with van der Waals surface area (Å²) in [4.78, 5) is 35.4. The molecule has 3 aromatic rings. The Morgan fingerprint density at radius 2 is 1.78 bits per heavy atom. The molecule has 2 amide bonds. The lowest BCUT2D eigenvalue weighted by atomic mass is 10.0. The molecule has 0 saturated heterocycles. The molecule has 0 bridgehead atoms. The summed E-state index contributed by atoms with van der Waals surface area (Å²) in [7, 11) is 0. The number of carbonyl (C=O) groups is 2. The van der Waals surface area contributed by atoms with Crippen molar-refractivity contribution in [1.82, 2.24) is 20.8 Å². The van der Waals surface area contributed by atoms with Crippen LogP contribution in [0.4, 0.5) is 0 Å². The van der Waals surface area contributed by atoms with Gasteiger partial charge in [-0.05, 0) is 79.6 Å². The fourth-order valence-corrected chi connectivity index (χ4v) is 4.60. The van der Waals surface area contributed by atoms with Crippen LogP contribution in [-0.2, 0) is 16.0 Å². The fourth-order valence-electron chi connectivity index (χ4n) is 4.60. The van der Waals surface area contributed by atoms with Crippen LogP contribution in [0.25, 0.3) is 6.08 Å². The number of aryl methyl sites for hydroxylation is 2. The van der Waals surface area contributed by atoms with Crippen LogP contribution in [0.3, 0.4) is 0 Å². The Morgan fingerprint density at radius 3 is 2.42 bits per heavy atom. The topological polar surface area (TPSA) is 234 Å². The number of phenols is 1. The average molecular weight is 618 g/mol. The molecule has 45 heavy (non-hydrogen) atoms. The molecular weight excluding hydrogens is 574 g/mol. The summed E-state index contributed by atoms with van der Waals surface area (Å²) in [6.45, 7) is 7.90. The molecule has 0 radical (unpaired) electrons. The van der Waals surface area contributed by atoms with Crippen molar-refractivity contribution in [2.75, 3.05) is 13.1 Å². The number of carbonyl (C=O) groups excluding carboxylic acids is 2. The Hall–Kier alpha value is -5.01. The normalized spacial score (nSPS) is 13.2. The average Bonchev–Trinajstić information content (AvgIpc) is 3.46. The van der Waals surface area contributed by atoms with E-state index in [-0.39, 0.29) is 29.7 Å². The summed E-state index contributed by atoms with van der Waals surface area (Å²) in [5.41, 5.74) is 26.2. The molecule has 3 rings (SSSR count). The molecule has 1 heterocycles. The van der Waals surface area contributed by atoms with E-state index < -0.39 is 29.9 Å². The first-order chi connectivity index (χ1) is 21.5. The number of phenolic OH excluding ortho intramolecular Hbond substituents is 1. The Labute approximate surface area is 262 Å². The first-order valence-corrected chi connectivity index (χ1v) is 14.6. The van der Waals surface area contributed by atoms with Gasteiger partial charge in [0, 0.05) is 6.42 Å². The number of nitrogens with two attached hydrogens (primary N) is 4. The quantitative estimate of drug-likeness (QED) is 0.0531. The van der Waals surface area contributed by atoms with Crippen LogP contribution < -0.4 is 33.6 Å². The minimum absolute atomic E-state index is 0.0544. The smallest absolute Gasteiger partial charge is 0.249 e. The van der Waals surface area contributed by atoms with E-state index in [2.05, 4.69) is 32.3 Å². The third-order valence-corrected chi connectivity index (χ3v) is 7.05. The van der Waals surface area contributed by atoms with Crippen molar-refractivity contribution in [2.45, 2.75) is 57.7 Å². The van der Waals surface area contributed by atoms with E-state index in [4.69, 9.17) is 27.5 Å². The van der Waals surface area contributed by atoms with Crippen molar-refractivity contribution in [2.24, 2.45) is 27.9 Å². The number of hydrogen-bond acceptors (Lipinski definition) is 9. The minimum Gasteiger partial charge on any atom is -0.508 e. The van der Waals surface area contributed by atoms with Gasteiger partial charge >= 0.3 is 0 Å². The fraction of sp³-hybridized carbons (Fsp3) is 0.344. The second-order valence-electron chi connectivity index (χ2n) is 10.8. The van der Waals surface area contributed by atoms with E-state index in [0.717, 1.165) is 28.7 Å². The second-order valence-corrected chi connectivity index (χ2v) is 10.8. The van der Waals surface area contributed by atoms with Gasteiger partial charge in [0.1, 0.15) is 23.9 Å². The predicted molar refractivity (Wildman–Crippen MR) is 174 cm³/mol. The molecule has 3 atom stereocenters. The molecule has 0 aliphatic heterocycles. The molecule has 0 saturated carbocycles. The van der Waals surface area contributed by atoms with Crippen LogP contribution in [0.15, 0.2) is 70.2 Å². The van der Waals surface area contributed by atoms with Crippen molar-refractivity contribution in [3.63, 3.8) is 0 Å². The zero-order valence-corrected chi connectivity index (χ0v) is 25.7. The van der Waals surface area contributed by atoms with Crippen LogP contribution in [0, 0.1) is 13.8 Å². The zero-order valence-electron chi connectivity index (χ0n) is 25.7. The van der Waals surface area contributed by atoms with Gasteiger partial charge in [0.25, 0.3) is 0 Å². The Balaban J connectivity index is 1.88. The molecular formula is C32H43N9O4. The van der Waals surface area contributed by atoms with E-state index in [1.165, 1.54) is 0 Å². The number of aliphatic imine (C=N–C) groups is 1. The van der Waals surface area contributed by atoms with Crippen LogP contribution in [0.1, 0.15) is 59.3 Å². The monoisotopic (exact) mass is 617 g/mol. The lowest BCUT2D eigenvalue weighted by Gasteiger charge is -2.22. The van der Waals surface area contributed by atoms with Crippen molar-refractivity contribution in [3.05, 3.63) is 94.7 Å². The third kappa shape index (κ3) is 10.6. The van der Waals surface area contributed by atoms with Crippen molar-refractivity contribution >= 4 is 23.8 Å². The summed E-state index contributed by atoms with van der Waals surface area (Å²) < 4.78 is 5.58. The number of guanidine groups is 1. The minimum atomic E-state index is -1.19. The zero-order chi connectivity index (χ0) is 32.9. The number of nitrogens with one attached hydrogen (secondary N) is 2. The van der Waals surface area contributed by atoms with Crippen LogP contribution >= 0.6 is 0 Å². The van der Waals surface area contributed by atoms with Gasteiger partial charge in [-0.1, -0.05) is 54.2 Å². The Kier molecular flexibility index (Phi) is 12.8. The first-order valence-electron chi connectivity index (χ1n) is 14.6. The van der Waals surface area contributed by atoms with Gasteiger partial charge in [0.15, 0.2) is 11.8 Å². The van der Waals surface area contributed by atoms with E-state index >= 15 is 0 Å². The SMILES string of the molecule is C=C(CN=C(N)N)[C@@H](N)C(=O)N[C@@H](/C=C/c1c(C)cc(O)cc1C)C(=O)N[C@@H](CCCCN)c1nc(Cc2ccccc2)no1. The second kappa shape index (κ2) is 16.7. The summed E-state index contributed by atoms with van der Waals surface area (Å²) in [6.07, 6.45) is 5.61. The summed E-state index contributed by atoms with van der Waals surface area (Å²) in [5, 5.41) is 19.7. The van der Waals surface area contributed by atoms with Gasteiger partial charge in [-0.15, -0.1) is 0 Å². The van der Waals surface area contributed by atoms with Crippen LogP contribution in [0.2, 0.25) is 0 Å². The molecule has 240 valence electrons. The highest BCUT2D eigenvalue weighted by Crippen LogP contribution is 2.23. The summed E-state index contributed by atoms with van der Waals surface area (Å²) >= 11 is 0. The maximum atomic E-state index is 13.8. The molecule has 13 heteroatoms. The first kappa shape index (κ1) is 34.5. The molecule has 0 unspecified atom stereocenters. The Morgan fingerprint density at radius 1 is 1.09 bits per heavy atom. The number of nitrogens with zero attached hydrogens (tertiary/aromatic N) is 3. The number of aromatic nitrogens is 2.